The second-order valence-electron chi connectivity index (χ2n) is 4.31. The van der Waals surface area contributed by atoms with Crippen molar-refractivity contribution in [2.45, 2.75) is 38.8 Å². The van der Waals surface area contributed by atoms with Gasteiger partial charge >= 0.3 is 0 Å². The fourth-order valence-corrected chi connectivity index (χ4v) is 2.07. The molecule has 1 fully saturated rings. The lowest BCUT2D eigenvalue weighted by atomic mass is 9.95. The molecule has 1 unspecified atom stereocenters. The van der Waals surface area contributed by atoms with Crippen molar-refractivity contribution in [2.24, 2.45) is 5.73 Å². The van der Waals surface area contributed by atoms with Crippen LogP contribution in [0.25, 0.3) is 0 Å². The van der Waals surface area contributed by atoms with Gasteiger partial charge in [0, 0.05) is 25.7 Å². The minimum atomic E-state index is -0.418. The zero-order valence-electron chi connectivity index (χ0n) is 9.34. The highest BCUT2D eigenvalue weighted by molar-refractivity contribution is 5.86. The molecule has 0 spiro atoms. The maximum Gasteiger partial charge on any atom is 0.240 e. The third-order valence-electron chi connectivity index (χ3n) is 3.10. The van der Waals surface area contributed by atoms with Gasteiger partial charge in [-0.05, 0) is 20.3 Å². The number of amides is 1. The van der Waals surface area contributed by atoms with Crippen LogP contribution in [0.2, 0.25) is 0 Å². The number of rotatable bonds is 3. The topological polar surface area (TPSA) is 58.4 Å². The zero-order chi connectivity index (χ0) is 10.8. The number of nitrogens with zero attached hydrogens (tertiary/aromatic N) is 1. The summed E-state index contributed by atoms with van der Waals surface area (Å²) in [5.41, 5.74) is 5.29. The van der Waals surface area contributed by atoms with Crippen LogP contribution in [0.3, 0.4) is 0 Å². The van der Waals surface area contributed by atoms with Crippen LogP contribution in [0.5, 0.6) is 0 Å². The molecule has 0 bridgehead atoms. The molecule has 82 valence electrons. The van der Waals surface area contributed by atoms with E-state index in [0.717, 1.165) is 19.5 Å². The van der Waals surface area contributed by atoms with Crippen molar-refractivity contribution in [3.63, 3.8) is 0 Å². The van der Waals surface area contributed by atoms with E-state index in [4.69, 9.17) is 5.73 Å². The predicted molar refractivity (Wildman–Crippen MR) is 56.9 cm³/mol. The minimum absolute atomic E-state index is 0.107. The molecule has 1 aliphatic rings. The number of carbonyl (C=O) groups is 1. The Kier molecular flexibility index (Phi) is 3.50. The number of hydrogen-bond donors (Lipinski definition) is 2. The fraction of sp³-hybridized carbons (Fsp3) is 0.900. The average Bonchev–Trinajstić information content (AvgIpc) is 2.14. The summed E-state index contributed by atoms with van der Waals surface area (Å²) in [5, 5.41) is 2.88. The SMILES string of the molecule is CCC(CN)N1CCNC(=O)C1(C)C. The Bertz CT molecular complexity index is 211. The van der Waals surface area contributed by atoms with Crippen LogP contribution >= 0.6 is 0 Å². The first kappa shape index (κ1) is 11.5. The van der Waals surface area contributed by atoms with Crippen molar-refractivity contribution < 1.29 is 4.79 Å². The van der Waals surface area contributed by atoms with Gasteiger partial charge in [0.15, 0.2) is 0 Å². The van der Waals surface area contributed by atoms with Crippen molar-refractivity contribution in [2.75, 3.05) is 19.6 Å². The Morgan fingerprint density at radius 2 is 2.29 bits per heavy atom. The van der Waals surface area contributed by atoms with Crippen LogP contribution in [0.4, 0.5) is 0 Å². The van der Waals surface area contributed by atoms with Gasteiger partial charge in [-0.15, -0.1) is 0 Å². The summed E-state index contributed by atoms with van der Waals surface area (Å²) >= 11 is 0. The fourth-order valence-electron chi connectivity index (χ4n) is 2.07. The lowest BCUT2D eigenvalue weighted by Gasteiger charge is -2.45. The maximum absolute atomic E-state index is 11.7. The molecule has 4 heteroatoms. The largest absolute Gasteiger partial charge is 0.353 e. The molecule has 0 aromatic rings. The van der Waals surface area contributed by atoms with Gasteiger partial charge in [0.2, 0.25) is 5.91 Å². The normalized spacial score (nSPS) is 24.4. The molecule has 1 heterocycles. The molecule has 4 nitrogen and oxygen atoms in total. The Morgan fingerprint density at radius 3 is 2.79 bits per heavy atom. The van der Waals surface area contributed by atoms with Gasteiger partial charge in [-0.2, -0.15) is 0 Å². The van der Waals surface area contributed by atoms with Crippen molar-refractivity contribution in [1.82, 2.24) is 10.2 Å². The molecular formula is C10H21N3O. The lowest BCUT2D eigenvalue weighted by molar-refractivity contribution is -0.136. The highest BCUT2D eigenvalue weighted by atomic mass is 16.2. The summed E-state index contributed by atoms with van der Waals surface area (Å²) in [5.74, 6) is 0.107. The van der Waals surface area contributed by atoms with Crippen LogP contribution in [0.1, 0.15) is 27.2 Å². The van der Waals surface area contributed by atoms with E-state index in [-0.39, 0.29) is 5.91 Å². The number of nitrogens with two attached hydrogens (primary N) is 1. The van der Waals surface area contributed by atoms with Gasteiger partial charge in [-0.1, -0.05) is 6.92 Å². The van der Waals surface area contributed by atoms with E-state index in [1.807, 2.05) is 13.8 Å². The van der Waals surface area contributed by atoms with Crippen molar-refractivity contribution >= 4 is 5.91 Å². The Hall–Kier alpha value is -0.610. The summed E-state index contributed by atoms with van der Waals surface area (Å²) in [6, 6.07) is 0.316. The zero-order valence-corrected chi connectivity index (χ0v) is 9.34. The van der Waals surface area contributed by atoms with E-state index in [1.165, 1.54) is 0 Å². The quantitative estimate of drug-likeness (QED) is 0.669. The van der Waals surface area contributed by atoms with Gasteiger partial charge in [0.25, 0.3) is 0 Å². The van der Waals surface area contributed by atoms with E-state index in [9.17, 15) is 4.79 Å². The van der Waals surface area contributed by atoms with Crippen LogP contribution in [-0.2, 0) is 4.79 Å². The molecule has 0 aromatic carbocycles. The average molecular weight is 199 g/mol. The molecule has 0 saturated carbocycles. The third-order valence-corrected chi connectivity index (χ3v) is 3.10. The Morgan fingerprint density at radius 1 is 1.64 bits per heavy atom. The summed E-state index contributed by atoms with van der Waals surface area (Å²) in [6.07, 6.45) is 0.993. The smallest absolute Gasteiger partial charge is 0.240 e. The highest BCUT2D eigenvalue weighted by Gasteiger charge is 2.40. The van der Waals surface area contributed by atoms with Gasteiger partial charge in [-0.25, -0.2) is 0 Å². The molecule has 14 heavy (non-hydrogen) atoms. The standard InChI is InChI=1S/C10H21N3O/c1-4-8(7-11)13-6-5-12-9(14)10(13,2)3/h8H,4-7,11H2,1-3H3,(H,12,14). The molecule has 1 atom stereocenters. The molecular weight excluding hydrogens is 178 g/mol. The number of nitrogens with one attached hydrogen (secondary N) is 1. The molecule has 1 amide bonds. The first-order valence-electron chi connectivity index (χ1n) is 5.29. The van der Waals surface area contributed by atoms with Crippen molar-refractivity contribution in [3.05, 3.63) is 0 Å². The lowest BCUT2D eigenvalue weighted by Crippen LogP contribution is -2.65. The summed E-state index contributed by atoms with van der Waals surface area (Å²) in [7, 11) is 0. The summed E-state index contributed by atoms with van der Waals surface area (Å²) < 4.78 is 0. The van der Waals surface area contributed by atoms with Crippen LogP contribution < -0.4 is 11.1 Å². The van der Waals surface area contributed by atoms with E-state index >= 15 is 0 Å². The first-order chi connectivity index (χ1) is 6.54. The Labute approximate surface area is 85.8 Å². The van der Waals surface area contributed by atoms with E-state index in [2.05, 4.69) is 17.1 Å². The summed E-state index contributed by atoms with van der Waals surface area (Å²) in [4.78, 5) is 13.9. The van der Waals surface area contributed by atoms with Crippen molar-refractivity contribution in [3.8, 4) is 0 Å². The highest BCUT2D eigenvalue weighted by Crippen LogP contribution is 2.21. The van der Waals surface area contributed by atoms with Crippen molar-refractivity contribution in [1.29, 1.82) is 0 Å². The Balaban J connectivity index is 2.80. The summed E-state index contributed by atoms with van der Waals surface area (Å²) in [6.45, 7) is 8.28. The third kappa shape index (κ3) is 1.91. The van der Waals surface area contributed by atoms with Gasteiger partial charge in [0.1, 0.15) is 0 Å². The van der Waals surface area contributed by atoms with Crippen LogP contribution in [-0.4, -0.2) is 42.0 Å². The first-order valence-corrected chi connectivity index (χ1v) is 5.29. The maximum atomic E-state index is 11.7. The molecule has 0 aromatic heterocycles. The second-order valence-corrected chi connectivity index (χ2v) is 4.31. The van der Waals surface area contributed by atoms with Gasteiger partial charge < -0.3 is 11.1 Å². The van der Waals surface area contributed by atoms with Crippen LogP contribution in [0.15, 0.2) is 0 Å². The second kappa shape index (κ2) is 4.28. The molecule has 1 rings (SSSR count). The van der Waals surface area contributed by atoms with E-state index in [0.29, 0.717) is 12.6 Å². The number of hydrogen-bond acceptors (Lipinski definition) is 3. The van der Waals surface area contributed by atoms with E-state index in [1.54, 1.807) is 0 Å². The number of piperazine rings is 1. The molecule has 0 aliphatic carbocycles. The van der Waals surface area contributed by atoms with Crippen LogP contribution in [0, 0.1) is 0 Å². The molecule has 3 N–H and O–H groups in total. The number of carbonyl (C=O) groups excluding carboxylic acids is 1. The van der Waals surface area contributed by atoms with E-state index < -0.39 is 5.54 Å². The molecule has 0 radical (unpaired) electrons. The molecule has 1 aliphatic heterocycles. The van der Waals surface area contributed by atoms with Gasteiger partial charge in [-0.3, -0.25) is 9.69 Å². The molecule has 1 saturated heterocycles. The predicted octanol–water partition coefficient (Wildman–Crippen LogP) is -0.0659. The van der Waals surface area contributed by atoms with Gasteiger partial charge in [0.05, 0.1) is 5.54 Å². The minimum Gasteiger partial charge on any atom is -0.353 e. The monoisotopic (exact) mass is 199 g/mol.